The van der Waals surface area contributed by atoms with Crippen LogP contribution in [0.1, 0.15) is 59.9 Å². The minimum atomic E-state index is -0.629. The molecule has 0 unspecified atom stereocenters. The van der Waals surface area contributed by atoms with E-state index in [2.05, 4.69) is 10.6 Å². The van der Waals surface area contributed by atoms with Crippen LogP contribution in [0.15, 0.2) is 33.5 Å². The van der Waals surface area contributed by atoms with E-state index in [-0.39, 0.29) is 30.4 Å². The van der Waals surface area contributed by atoms with E-state index in [1.807, 2.05) is 47.6 Å². The molecule has 35 heavy (non-hydrogen) atoms. The molecule has 1 aromatic heterocycles. The fraction of sp³-hybridized carbons (Fsp3) is 0.538. The van der Waals surface area contributed by atoms with Crippen molar-refractivity contribution >= 4 is 34.4 Å². The van der Waals surface area contributed by atoms with E-state index < -0.39 is 17.1 Å². The first-order chi connectivity index (χ1) is 16.2. The summed E-state index contributed by atoms with van der Waals surface area (Å²) in [5.41, 5.74) is 0.238. The highest BCUT2D eigenvalue weighted by atomic mass is 16.5. The van der Waals surface area contributed by atoms with Crippen molar-refractivity contribution in [1.29, 1.82) is 0 Å². The van der Waals surface area contributed by atoms with E-state index in [1.165, 1.54) is 6.07 Å². The van der Waals surface area contributed by atoms with Gasteiger partial charge in [-0.2, -0.15) is 0 Å². The first-order valence-electron chi connectivity index (χ1n) is 11.7. The third kappa shape index (κ3) is 9.07. The van der Waals surface area contributed by atoms with Gasteiger partial charge in [-0.15, -0.1) is 0 Å². The number of likely N-dealkylation sites (N-methyl/N-ethyl adjacent to an activating group) is 1. The minimum absolute atomic E-state index is 0.113. The van der Waals surface area contributed by atoms with Gasteiger partial charge in [0.2, 0.25) is 5.91 Å². The van der Waals surface area contributed by atoms with Crippen LogP contribution in [0.3, 0.4) is 0 Å². The second-order valence-electron chi connectivity index (χ2n) is 10.7. The van der Waals surface area contributed by atoms with E-state index in [0.717, 1.165) is 0 Å². The van der Waals surface area contributed by atoms with Crippen LogP contribution in [0.2, 0.25) is 0 Å². The SMILES string of the molecule is CN(CC(=O)NC(C)(C)C)c1ccc2c(COC(=O)NCCCC(=O)C(C)(C)C)cc(=O)oc2c1. The molecule has 1 aromatic carbocycles. The van der Waals surface area contributed by atoms with Crippen LogP contribution in [0.25, 0.3) is 11.0 Å². The average Bonchev–Trinajstić information content (AvgIpc) is 2.72. The number of hydrogen-bond donors (Lipinski definition) is 2. The second-order valence-corrected chi connectivity index (χ2v) is 10.7. The zero-order chi connectivity index (χ0) is 26.4. The average molecular weight is 488 g/mol. The summed E-state index contributed by atoms with van der Waals surface area (Å²) in [6.07, 6.45) is 0.270. The van der Waals surface area contributed by atoms with Crippen molar-refractivity contribution in [3.05, 3.63) is 40.2 Å². The van der Waals surface area contributed by atoms with Crippen molar-refractivity contribution in [3.63, 3.8) is 0 Å². The van der Waals surface area contributed by atoms with Gasteiger partial charge in [-0.25, -0.2) is 9.59 Å². The molecule has 9 heteroatoms. The molecule has 9 nitrogen and oxygen atoms in total. The van der Waals surface area contributed by atoms with Gasteiger partial charge in [0, 0.05) is 59.7 Å². The van der Waals surface area contributed by atoms with Crippen molar-refractivity contribution in [2.45, 2.75) is 66.5 Å². The van der Waals surface area contributed by atoms with Crippen molar-refractivity contribution < 1.29 is 23.5 Å². The normalized spacial score (nSPS) is 11.7. The van der Waals surface area contributed by atoms with Crippen LogP contribution in [-0.4, -0.2) is 43.5 Å². The highest BCUT2D eigenvalue weighted by Gasteiger charge is 2.20. The summed E-state index contributed by atoms with van der Waals surface area (Å²) in [5, 5.41) is 6.16. The Kier molecular flexibility index (Phi) is 9.06. The van der Waals surface area contributed by atoms with Crippen LogP contribution >= 0.6 is 0 Å². The number of fused-ring (bicyclic) bond motifs is 1. The number of carbonyl (C=O) groups excluding carboxylic acids is 3. The molecule has 0 radical (unpaired) electrons. The van der Waals surface area contributed by atoms with Crippen LogP contribution < -0.4 is 21.2 Å². The molecule has 0 saturated carbocycles. The van der Waals surface area contributed by atoms with E-state index in [1.54, 1.807) is 24.1 Å². The summed E-state index contributed by atoms with van der Waals surface area (Å²) in [5.74, 6) is 0.00692. The Balaban J connectivity index is 2.00. The molecular formula is C26H37N3O6. The van der Waals surface area contributed by atoms with E-state index in [9.17, 15) is 19.2 Å². The van der Waals surface area contributed by atoms with Gasteiger partial charge >= 0.3 is 11.7 Å². The molecule has 2 amide bonds. The lowest BCUT2D eigenvalue weighted by Crippen LogP contribution is -2.45. The number of ether oxygens (including phenoxy) is 1. The largest absolute Gasteiger partial charge is 0.445 e. The number of carbonyl (C=O) groups is 3. The van der Waals surface area contributed by atoms with Crippen molar-refractivity contribution in [2.24, 2.45) is 5.41 Å². The number of rotatable bonds is 9. The molecule has 0 aliphatic heterocycles. The number of benzene rings is 1. The van der Waals surface area contributed by atoms with Crippen molar-refractivity contribution in [3.8, 4) is 0 Å². The predicted molar refractivity (Wildman–Crippen MR) is 136 cm³/mol. The fourth-order valence-electron chi connectivity index (χ4n) is 3.35. The van der Waals surface area contributed by atoms with Crippen molar-refractivity contribution in [2.75, 3.05) is 25.0 Å². The van der Waals surface area contributed by atoms with Gasteiger partial charge in [0.15, 0.2) is 0 Å². The lowest BCUT2D eigenvalue weighted by Gasteiger charge is -2.24. The Hall–Kier alpha value is -3.36. The maximum Gasteiger partial charge on any atom is 0.407 e. The third-order valence-corrected chi connectivity index (χ3v) is 5.19. The Morgan fingerprint density at radius 1 is 1.06 bits per heavy atom. The molecule has 0 spiro atoms. The standard InChI is InChI=1S/C26H37N3O6/c1-25(2,3)21(30)9-8-12-27-24(33)34-16-17-13-23(32)35-20-14-18(10-11-19(17)20)29(7)15-22(31)28-26(4,5)6/h10-11,13-14H,8-9,12,15-16H2,1-7H3,(H,27,33)(H,28,31). The molecule has 0 atom stereocenters. The number of alkyl carbamates (subject to hydrolysis) is 1. The summed E-state index contributed by atoms with van der Waals surface area (Å²) in [4.78, 5) is 50.1. The summed E-state index contributed by atoms with van der Waals surface area (Å²) >= 11 is 0. The third-order valence-electron chi connectivity index (χ3n) is 5.19. The first kappa shape index (κ1) is 27.9. The van der Waals surface area contributed by atoms with Gasteiger partial charge in [0.05, 0.1) is 6.54 Å². The number of ketones is 1. The van der Waals surface area contributed by atoms with Gasteiger partial charge in [-0.05, 0) is 39.3 Å². The Morgan fingerprint density at radius 2 is 1.74 bits per heavy atom. The first-order valence-corrected chi connectivity index (χ1v) is 11.7. The van der Waals surface area contributed by atoms with E-state index in [0.29, 0.717) is 41.6 Å². The van der Waals surface area contributed by atoms with Crippen LogP contribution in [0, 0.1) is 5.41 Å². The molecule has 0 bridgehead atoms. The lowest BCUT2D eigenvalue weighted by molar-refractivity contribution is -0.126. The summed E-state index contributed by atoms with van der Waals surface area (Å²) < 4.78 is 10.6. The number of amides is 2. The van der Waals surface area contributed by atoms with Crippen LogP contribution in [-0.2, 0) is 20.9 Å². The quantitative estimate of drug-likeness (QED) is 0.408. The molecule has 0 fully saturated rings. The highest BCUT2D eigenvalue weighted by molar-refractivity contribution is 5.86. The van der Waals surface area contributed by atoms with Gasteiger partial charge < -0.3 is 24.7 Å². The Bertz CT molecular complexity index is 1120. The topological polar surface area (TPSA) is 118 Å². The number of Topliss-reactive ketones (excluding diaryl/α,β-unsaturated/α-hetero) is 1. The zero-order valence-corrected chi connectivity index (χ0v) is 21.7. The summed E-state index contributed by atoms with van der Waals surface area (Å²) in [6.45, 7) is 11.7. The van der Waals surface area contributed by atoms with Gasteiger partial charge in [0.25, 0.3) is 0 Å². The minimum Gasteiger partial charge on any atom is -0.445 e. The number of hydrogen-bond acceptors (Lipinski definition) is 7. The molecule has 2 N–H and O–H groups in total. The Morgan fingerprint density at radius 3 is 2.37 bits per heavy atom. The molecule has 2 aromatic rings. The highest BCUT2D eigenvalue weighted by Crippen LogP contribution is 2.24. The molecule has 0 aliphatic rings. The fourth-order valence-corrected chi connectivity index (χ4v) is 3.35. The molecule has 2 rings (SSSR count). The second kappa shape index (κ2) is 11.4. The van der Waals surface area contributed by atoms with Gasteiger partial charge in [-0.3, -0.25) is 9.59 Å². The van der Waals surface area contributed by atoms with E-state index >= 15 is 0 Å². The lowest BCUT2D eigenvalue weighted by atomic mass is 9.88. The summed E-state index contributed by atoms with van der Waals surface area (Å²) in [6, 6.07) is 6.54. The molecule has 0 aliphatic carbocycles. The van der Waals surface area contributed by atoms with Crippen LogP contribution in [0.4, 0.5) is 10.5 Å². The molecule has 0 saturated heterocycles. The molecule has 192 valence electrons. The maximum atomic E-state index is 12.2. The Labute approximate surface area is 206 Å². The van der Waals surface area contributed by atoms with Gasteiger partial charge in [-0.1, -0.05) is 20.8 Å². The van der Waals surface area contributed by atoms with Crippen LogP contribution in [0.5, 0.6) is 0 Å². The maximum absolute atomic E-state index is 12.2. The smallest absolute Gasteiger partial charge is 0.407 e. The number of nitrogens with zero attached hydrogens (tertiary/aromatic N) is 1. The van der Waals surface area contributed by atoms with Gasteiger partial charge in [0.1, 0.15) is 18.0 Å². The number of anilines is 1. The zero-order valence-electron chi connectivity index (χ0n) is 21.7. The number of nitrogens with one attached hydrogen (secondary N) is 2. The summed E-state index contributed by atoms with van der Waals surface area (Å²) in [7, 11) is 1.77. The molecular weight excluding hydrogens is 450 g/mol. The molecule has 1 heterocycles. The monoisotopic (exact) mass is 487 g/mol. The van der Waals surface area contributed by atoms with Crippen molar-refractivity contribution in [1.82, 2.24) is 10.6 Å². The predicted octanol–water partition coefficient (Wildman–Crippen LogP) is 3.77. The van der Waals surface area contributed by atoms with E-state index in [4.69, 9.17) is 9.15 Å².